The molecule has 0 radical (unpaired) electrons. The van der Waals surface area contributed by atoms with Crippen molar-refractivity contribution in [3.8, 4) is 11.1 Å². The van der Waals surface area contributed by atoms with Gasteiger partial charge < -0.3 is 4.90 Å². The molecule has 0 bridgehead atoms. The molecule has 0 fully saturated rings. The number of nitrogens with two attached hydrogens (primary N) is 1. The van der Waals surface area contributed by atoms with E-state index in [1.165, 1.54) is 12.1 Å². The van der Waals surface area contributed by atoms with Crippen molar-refractivity contribution in [2.24, 2.45) is 5.14 Å². The fourth-order valence-electron chi connectivity index (χ4n) is 4.59. The number of rotatable bonds is 3. The molecule has 8 heteroatoms. The van der Waals surface area contributed by atoms with Crippen molar-refractivity contribution < 1.29 is 22.0 Å². The molecule has 1 unspecified atom stereocenters. The highest BCUT2D eigenvalue weighted by Gasteiger charge is 2.34. The van der Waals surface area contributed by atoms with Gasteiger partial charge in [0.15, 0.2) is 0 Å². The van der Waals surface area contributed by atoms with Crippen LogP contribution in [0, 0.1) is 11.6 Å². The molecule has 1 atom stereocenters. The standard InChI is InChI=1S/C25H20F2N2O3S/c1-14-8-17-4-6-21(33(28,31)32)13-24(17)29(14)25(30)19-9-15-2-3-16(10-18(15)11-19)22-12-20(26)5-7-23(22)27/h2-7,10-14H,8-9H2,1H3,(H2,28,31,32). The fraction of sp³-hybridized carbons (Fsp3) is 0.160. The second-order valence-corrected chi connectivity index (χ2v) is 10.0. The van der Waals surface area contributed by atoms with E-state index in [0.717, 1.165) is 34.9 Å². The van der Waals surface area contributed by atoms with E-state index in [0.29, 0.717) is 29.7 Å². The highest BCUT2D eigenvalue weighted by atomic mass is 32.2. The molecular formula is C25H20F2N2O3S. The Balaban J connectivity index is 1.49. The van der Waals surface area contributed by atoms with Crippen molar-refractivity contribution >= 4 is 27.7 Å². The highest BCUT2D eigenvalue weighted by Crippen LogP contribution is 2.37. The third kappa shape index (κ3) is 3.75. The molecule has 2 N–H and O–H groups in total. The summed E-state index contributed by atoms with van der Waals surface area (Å²) in [6.07, 6.45) is 2.76. The molecule has 0 saturated carbocycles. The fourth-order valence-corrected chi connectivity index (χ4v) is 5.12. The summed E-state index contributed by atoms with van der Waals surface area (Å²) in [6.45, 7) is 1.90. The monoisotopic (exact) mass is 466 g/mol. The summed E-state index contributed by atoms with van der Waals surface area (Å²) in [7, 11) is -3.90. The molecule has 3 aromatic rings. The zero-order valence-electron chi connectivity index (χ0n) is 17.7. The van der Waals surface area contributed by atoms with Gasteiger partial charge in [-0.3, -0.25) is 4.79 Å². The van der Waals surface area contributed by atoms with Gasteiger partial charge in [0.05, 0.1) is 4.90 Å². The van der Waals surface area contributed by atoms with Gasteiger partial charge >= 0.3 is 0 Å². The number of benzene rings is 3. The van der Waals surface area contributed by atoms with E-state index in [9.17, 15) is 22.0 Å². The first-order valence-corrected chi connectivity index (χ1v) is 11.9. The molecule has 5 rings (SSSR count). The van der Waals surface area contributed by atoms with Crippen LogP contribution in [-0.4, -0.2) is 20.4 Å². The summed E-state index contributed by atoms with van der Waals surface area (Å²) >= 11 is 0. The van der Waals surface area contributed by atoms with Gasteiger partial charge in [0.2, 0.25) is 10.0 Å². The number of primary sulfonamides is 1. The van der Waals surface area contributed by atoms with Gasteiger partial charge in [-0.25, -0.2) is 22.3 Å². The second-order valence-electron chi connectivity index (χ2n) is 8.45. The molecule has 1 heterocycles. The molecule has 1 aliphatic carbocycles. The number of nitrogens with zero attached hydrogens (tertiary/aromatic N) is 1. The summed E-state index contributed by atoms with van der Waals surface area (Å²) in [5, 5.41) is 5.28. The lowest BCUT2D eigenvalue weighted by atomic mass is 10.00. The van der Waals surface area contributed by atoms with Gasteiger partial charge in [-0.15, -0.1) is 0 Å². The average molecular weight is 467 g/mol. The van der Waals surface area contributed by atoms with Gasteiger partial charge in [0.25, 0.3) is 5.91 Å². The molecule has 1 aliphatic heterocycles. The van der Waals surface area contributed by atoms with Crippen molar-refractivity contribution in [3.63, 3.8) is 0 Å². The largest absolute Gasteiger partial charge is 0.305 e. The summed E-state index contributed by atoms with van der Waals surface area (Å²) in [4.78, 5) is 15.0. The second kappa shape index (κ2) is 7.60. The van der Waals surface area contributed by atoms with Crippen molar-refractivity contribution in [2.75, 3.05) is 4.90 Å². The minimum atomic E-state index is -3.90. The maximum Gasteiger partial charge on any atom is 0.254 e. The van der Waals surface area contributed by atoms with Crippen molar-refractivity contribution in [1.82, 2.24) is 0 Å². The van der Waals surface area contributed by atoms with Crippen molar-refractivity contribution in [1.29, 1.82) is 0 Å². The topological polar surface area (TPSA) is 80.5 Å². The third-order valence-electron chi connectivity index (χ3n) is 6.19. The van der Waals surface area contributed by atoms with E-state index >= 15 is 0 Å². The Morgan fingerprint density at radius 3 is 2.55 bits per heavy atom. The van der Waals surface area contributed by atoms with E-state index in [2.05, 4.69) is 0 Å². The van der Waals surface area contributed by atoms with Gasteiger partial charge in [-0.1, -0.05) is 18.2 Å². The van der Waals surface area contributed by atoms with Crippen molar-refractivity contribution in [2.45, 2.75) is 30.7 Å². The van der Waals surface area contributed by atoms with Crippen LogP contribution in [0.5, 0.6) is 0 Å². The maximum atomic E-state index is 14.2. The van der Waals surface area contributed by atoms with Crippen LogP contribution in [0.4, 0.5) is 14.5 Å². The number of hydrogen-bond acceptors (Lipinski definition) is 3. The summed E-state index contributed by atoms with van der Waals surface area (Å²) in [6, 6.07) is 13.0. The smallest absolute Gasteiger partial charge is 0.254 e. The Bertz CT molecular complexity index is 1460. The van der Waals surface area contributed by atoms with Crippen LogP contribution < -0.4 is 10.0 Å². The summed E-state index contributed by atoms with van der Waals surface area (Å²) in [5.41, 5.74) is 4.32. The molecule has 2 aliphatic rings. The quantitative estimate of drug-likeness (QED) is 0.628. The van der Waals surface area contributed by atoms with Crippen LogP contribution >= 0.6 is 0 Å². The molecule has 3 aromatic carbocycles. The number of carbonyl (C=O) groups is 1. The number of amides is 1. The van der Waals surface area contributed by atoms with Gasteiger partial charge in [0, 0.05) is 29.3 Å². The predicted octanol–water partition coefficient (Wildman–Crippen LogP) is 4.20. The van der Waals surface area contributed by atoms with E-state index in [1.54, 1.807) is 29.2 Å². The van der Waals surface area contributed by atoms with Crippen LogP contribution in [0.1, 0.15) is 23.6 Å². The molecule has 5 nitrogen and oxygen atoms in total. The van der Waals surface area contributed by atoms with Crippen LogP contribution in [0.3, 0.4) is 0 Å². The first-order chi connectivity index (χ1) is 15.6. The van der Waals surface area contributed by atoms with E-state index < -0.39 is 21.7 Å². The summed E-state index contributed by atoms with van der Waals surface area (Å²) < 4.78 is 51.5. The minimum Gasteiger partial charge on any atom is -0.305 e. The molecule has 1 amide bonds. The molecular weight excluding hydrogens is 446 g/mol. The number of hydrogen-bond donors (Lipinski definition) is 1. The molecule has 168 valence electrons. The Morgan fingerprint density at radius 2 is 1.79 bits per heavy atom. The summed E-state index contributed by atoms with van der Waals surface area (Å²) in [5.74, 6) is -1.27. The number of fused-ring (bicyclic) bond motifs is 2. The minimum absolute atomic E-state index is 0.0430. The first-order valence-electron chi connectivity index (χ1n) is 10.4. The van der Waals surface area contributed by atoms with Crippen LogP contribution in [0.2, 0.25) is 0 Å². The Hall–Kier alpha value is -3.36. The zero-order chi connectivity index (χ0) is 23.5. The molecule has 0 aromatic heterocycles. The van der Waals surface area contributed by atoms with Gasteiger partial charge in [-0.05, 0) is 78.1 Å². The van der Waals surface area contributed by atoms with E-state index in [4.69, 9.17) is 5.14 Å². The lowest BCUT2D eigenvalue weighted by Gasteiger charge is -2.23. The molecule has 33 heavy (non-hydrogen) atoms. The van der Waals surface area contributed by atoms with Crippen LogP contribution in [0.25, 0.3) is 17.2 Å². The van der Waals surface area contributed by atoms with Crippen LogP contribution in [0.15, 0.2) is 65.1 Å². The number of sulfonamides is 1. The first kappa shape index (κ1) is 21.5. The Morgan fingerprint density at radius 1 is 1.03 bits per heavy atom. The molecule has 0 saturated heterocycles. The SMILES string of the molecule is CC1Cc2ccc(S(N)(=O)=O)cc2N1C(=O)C1=Cc2cc(-c3cc(F)ccc3F)ccc2C1. The lowest BCUT2D eigenvalue weighted by Crippen LogP contribution is -2.36. The van der Waals surface area contributed by atoms with Gasteiger partial charge in [0.1, 0.15) is 11.6 Å². The van der Waals surface area contributed by atoms with E-state index in [1.807, 2.05) is 13.0 Å². The van der Waals surface area contributed by atoms with E-state index in [-0.39, 0.29) is 22.4 Å². The molecule has 0 spiro atoms. The predicted molar refractivity (Wildman–Crippen MR) is 122 cm³/mol. The normalized spacial score (nSPS) is 17.0. The number of anilines is 1. The Kier molecular flexibility index (Phi) is 4.95. The maximum absolute atomic E-state index is 14.2. The van der Waals surface area contributed by atoms with Gasteiger partial charge in [-0.2, -0.15) is 0 Å². The number of halogens is 2. The third-order valence-corrected chi connectivity index (χ3v) is 7.10. The zero-order valence-corrected chi connectivity index (χ0v) is 18.5. The average Bonchev–Trinajstić information content (AvgIpc) is 3.33. The Labute approximate surface area is 190 Å². The van der Waals surface area contributed by atoms with Crippen LogP contribution in [-0.2, 0) is 27.7 Å². The lowest BCUT2D eigenvalue weighted by molar-refractivity contribution is -0.115. The number of carbonyl (C=O) groups excluding carboxylic acids is 1. The highest BCUT2D eigenvalue weighted by molar-refractivity contribution is 7.89. The van der Waals surface area contributed by atoms with Crippen molar-refractivity contribution in [3.05, 3.63) is 88.5 Å².